The van der Waals surface area contributed by atoms with Crippen LogP contribution in [-0.2, 0) is 16.6 Å². The molecule has 0 unspecified atom stereocenters. The van der Waals surface area contributed by atoms with Crippen LogP contribution >= 0.6 is 0 Å². The van der Waals surface area contributed by atoms with Crippen LogP contribution in [0.1, 0.15) is 5.56 Å². The van der Waals surface area contributed by atoms with Crippen LogP contribution in [0.25, 0.3) is 0 Å². The van der Waals surface area contributed by atoms with Crippen molar-refractivity contribution in [1.29, 1.82) is 0 Å². The zero-order valence-electron chi connectivity index (χ0n) is 9.89. The van der Waals surface area contributed by atoms with Crippen molar-refractivity contribution in [3.05, 3.63) is 42.2 Å². The summed E-state index contributed by atoms with van der Waals surface area (Å²) >= 11 is 0. The van der Waals surface area contributed by atoms with E-state index in [9.17, 15) is 8.42 Å². The van der Waals surface area contributed by atoms with Crippen LogP contribution in [-0.4, -0.2) is 35.8 Å². The summed E-state index contributed by atoms with van der Waals surface area (Å²) < 4.78 is 27.8. The molecule has 1 aromatic heterocycles. The van der Waals surface area contributed by atoms with E-state index >= 15 is 0 Å². The van der Waals surface area contributed by atoms with Gasteiger partial charge in [0.25, 0.3) is 10.0 Å². The highest BCUT2D eigenvalue weighted by Gasteiger charge is 2.29. The zero-order valence-corrected chi connectivity index (χ0v) is 10.7. The zero-order chi connectivity index (χ0) is 13.3. The molecule has 0 bridgehead atoms. The molecular weight excluding hydrogens is 266 g/mol. The van der Waals surface area contributed by atoms with Gasteiger partial charge in [-0.2, -0.15) is 0 Å². The Morgan fingerprint density at radius 2 is 2.16 bits per heavy atom. The molecule has 0 fully saturated rings. The Balaban J connectivity index is 1.83. The average molecular weight is 277 g/mol. The molecule has 19 heavy (non-hydrogen) atoms. The van der Waals surface area contributed by atoms with E-state index < -0.39 is 10.0 Å². The molecule has 0 spiro atoms. The Hall–Kier alpha value is -2.22. The molecule has 1 aromatic carbocycles. The van der Waals surface area contributed by atoms with E-state index in [0.717, 1.165) is 0 Å². The molecule has 8 heteroatoms. The van der Waals surface area contributed by atoms with E-state index in [1.165, 1.54) is 0 Å². The third-order valence-electron chi connectivity index (χ3n) is 2.73. The molecule has 1 aliphatic heterocycles. The SMILES string of the molecule is O=S1(=O)NC(=NCCn2ccnn2)c2ccccc21. The quantitative estimate of drug-likeness (QED) is 0.856. The lowest BCUT2D eigenvalue weighted by molar-refractivity contribution is 0.593. The minimum absolute atomic E-state index is 0.273. The van der Waals surface area contributed by atoms with Crippen molar-refractivity contribution in [3.8, 4) is 0 Å². The molecule has 3 rings (SSSR count). The van der Waals surface area contributed by atoms with Gasteiger partial charge in [-0.3, -0.25) is 14.4 Å². The second-order valence-electron chi connectivity index (χ2n) is 4.00. The van der Waals surface area contributed by atoms with Crippen molar-refractivity contribution >= 4 is 15.9 Å². The number of nitrogens with one attached hydrogen (secondary N) is 1. The Labute approximate surface area is 110 Å². The van der Waals surface area contributed by atoms with Gasteiger partial charge in [0.15, 0.2) is 0 Å². The third kappa shape index (κ3) is 2.22. The summed E-state index contributed by atoms with van der Waals surface area (Å²) in [5.41, 5.74) is 0.612. The Bertz CT molecular complexity index is 721. The lowest BCUT2D eigenvalue weighted by Crippen LogP contribution is -2.22. The van der Waals surface area contributed by atoms with Crippen molar-refractivity contribution in [2.75, 3.05) is 6.54 Å². The maximum absolute atomic E-state index is 11.8. The Morgan fingerprint density at radius 3 is 2.95 bits per heavy atom. The van der Waals surface area contributed by atoms with Crippen LogP contribution in [0.2, 0.25) is 0 Å². The summed E-state index contributed by atoms with van der Waals surface area (Å²) in [6.45, 7) is 0.975. The molecule has 0 saturated heterocycles. The van der Waals surface area contributed by atoms with Crippen LogP contribution in [0.15, 0.2) is 46.5 Å². The fourth-order valence-corrected chi connectivity index (χ4v) is 3.12. The van der Waals surface area contributed by atoms with Crippen molar-refractivity contribution in [1.82, 2.24) is 19.7 Å². The van der Waals surface area contributed by atoms with Gasteiger partial charge in [-0.05, 0) is 12.1 Å². The number of hydrogen-bond acceptors (Lipinski definition) is 5. The lowest BCUT2D eigenvalue weighted by Gasteiger charge is -1.99. The number of fused-ring (bicyclic) bond motifs is 1. The van der Waals surface area contributed by atoms with E-state index in [1.807, 2.05) is 0 Å². The number of rotatable bonds is 3. The molecule has 2 aromatic rings. The standard InChI is InChI=1S/C11H11N5O2S/c17-19(18)10-4-2-1-3-9(10)11(14-19)12-5-7-16-8-6-13-15-16/h1-4,6,8H,5,7H2,(H,12,14). The number of benzene rings is 1. The molecular formula is C11H11N5O2S. The first-order valence-corrected chi connectivity index (χ1v) is 7.16. The van der Waals surface area contributed by atoms with Crippen LogP contribution in [0, 0.1) is 0 Å². The van der Waals surface area contributed by atoms with E-state index in [4.69, 9.17) is 0 Å². The van der Waals surface area contributed by atoms with Gasteiger partial charge in [-0.1, -0.05) is 17.3 Å². The summed E-state index contributed by atoms with van der Waals surface area (Å²) in [6.07, 6.45) is 3.31. The van der Waals surface area contributed by atoms with Gasteiger partial charge in [-0.25, -0.2) is 8.42 Å². The van der Waals surface area contributed by atoms with Gasteiger partial charge in [0.1, 0.15) is 5.84 Å². The maximum Gasteiger partial charge on any atom is 0.263 e. The largest absolute Gasteiger partial charge is 0.265 e. The highest BCUT2D eigenvalue weighted by molar-refractivity contribution is 7.90. The fraction of sp³-hybridized carbons (Fsp3) is 0.182. The van der Waals surface area contributed by atoms with Crippen molar-refractivity contribution in [3.63, 3.8) is 0 Å². The number of amidine groups is 1. The maximum atomic E-state index is 11.8. The number of nitrogens with zero attached hydrogens (tertiary/aromatic N) is 4. The lowest BCUT2D eigenvalue weighted by atomic mass is 10.2. The Morgan fingerprint density at radius 1 is 1.32 bits per heavy atom. The van der Waals surface area contributed by atoms with Crippen LogP contribution in [0.3, 0.4) is 0 Å². The van der Waals surface area contributed by atoms with Gasteiger partial charge in [-0.15, -0.1) is 5.10 Å². The molecule has 0 amide bonds. The molecule has 0 radical (unpaired) electrons. The van der Waals surface area contributed by atoms with Gasteiger partial charge in [0.05, 0.1) is 24.2 Å². The van der Waals surface area contributed by atoms with Crippen molar-refractivity contribution in [2.45, 2.75) is 11.4 Å². The highest BCUT2D eigenvalue weighted by atomic mass is 32.2. The average Bonchev–Trinajstić information content (AvgIpc) is 2.98. The van der Waals surface area contributed by atoms with Crippen molar-refractivity contribution in [2.24, 2.45) is 4.99 Å². The molecule has 0 atom stereocenters. The summed E-state index contributed by atoms with van der Waals surface area (Å²) in [4.78, 5) is 4.55. The van der Waals surface area contributed by atoms with Gasteiger partial charge < -0.3 is 0 Å². The van der Waals surface area contributed by atoms with Crippen LogP contribution in [0.5, 0.6) is 0 Å². The van der Waals surface area contributed by atoms with E-state index in [0.29, 0.717) is 24.5 Å². The molecule has 7 nitrogen and oxygen atoms in total. The molecule has 2 heterocycles. The van der Waals surface area contributed by atoms with Gasteiger partial charge in [0, 0.05) is 11.8 Å². The van der Waals surface area contributed by atoms with E-state index in [1.54, 1.807) is 41.3 Å². The van der Waals surface area contributed by atoms with Crippen LogP contribution < -0.4 is 4.72 Å². The molecule has 0 saturated carbocycles. The first-order chi connectivity index (χ1) is 9.17. The minimum Gasteiger partial charge on any atom is -0.265 e. The van der Waals surface area contributed by atoms with Crippen molar-refractivity contribution < 1.29 is 8.42 Å². The van der Waals surface area contributed by atoms with Crippen LogP contribution in [0.4, 0.5) is 0 Å². The molecule has 1 aliphatic rings. The monoisotopic (exact) mass is 277 g/mol. The first-order valence-electron chi connectivity index (χ1n) is 5.67. The fourth-order valence-electron chi connectivity index (χ4n) is 1.87. The first kappa shape index (κ1) is 11.8. The third-order valence-corrected chi connectivity index (χ3v) is 4.13. The second kappa shape index (κ2) is 4.47. The molecule has 98 valence electrons. The summed E-state index contributed by atoms with van der Waals surface area (Å²) in [5.74, 6) is 0.385. The molecule has 1 N–H and O–H groups in total. The summed E-state index contributed by atoms with van der Waals surface area (Å²) in [7, 11) is -3.45. The minimum atomic E-state index is -3.45. The Kier molecular flexibility index (Phi) is 2.79. The molecule has 0 aliphatic carbocycles. The predicted molar refractivity (Wildman–Crippen MR) is 68.2 cm³/mol. The highest BCUT2D eigenvalue weighted by Crippen LogP contribution is 2.21. The number of aliphatic imine (C=N–C) groups is 1. The van der Waals surface area contributed by atoms with Gasteiger partial charge >= 0.3 is 0 Å². The number of hydrogen-bond donors (Lipinski definition) is 1. The topological polar surface area (TPSA) is 89.2 Å². The normalized spacial score (nSPS) is 18.2. The predicted octanol–water partition coefficient (Wildman–Crippen LogP) is 0.0168. The second-order valence-corrected chi connectivity index (χ2v) is 5.65. The van der Waals surface area contributed by atoms with Gasteiger partial charge in [0.2, 0.25) is 0 Å². The smallest absolute Gasteiger partial charge is 0.263 e. The summed E-state index contributed by atoms with van der Waals surface area (Å²) in [5, 5.41) is 7.50. The van der Waals surface area contributed by atoms with E-state index in [-0.39, 0.29) is 4.90 Å². The number of aromatic nitrogens is 3. The van der Waals surface area contributed by atoms with E-state index in [2.05, 4.69) is 20.0 Å². The number of sulfonamides is 1. The summed E-state index contributed by atoms with van der Waals surface area (Å²) in [6, 6.07) is 6.78.